The fourth-order valence-corrected chi connectivity index (χ4v) is 3.24. The van der Waals surface area contributed by atoms with Crippen molar-refractivity contribution in [3.05, 3.63) is 59.2 Å². The van der Waals surface area contributed by atoms with Crippen molar-refractivity contribution < 1.29 is 19.5 Å². The number of ether oxygens (including phenoxy) is 1. The van der Waals surface area contributed by atoms with Gasteiger partial charge in [0.05, 0.1) is 12.7 Å². The highest BCUT2D eigenvalue weighted by Gasteiger charge is 2.28. The molecule has 1 aliphatic heterocycles. The van der Waals surface area contributed by atoms with Crippen LogP contribution in [0.2, 0.25) is 6.32 Å². The maximum atomic E-state index is 9.87. The first-order chi connectivity index (χ1) is 12.5. The van der Waals surface area contributed by atoms with Crippen LogP contribution in [0.4, 0.5) is 0 Å². The van der Waals surface area contributed by atoms with Crippen molar-refractivity contribution >= 4 is 13.2 Å². The van der Waals surface area contributed by atoms with Gasteiger partial charge in [-0.25, -0.2) is 0 Å². The lowest BCUT2D eigenvalue weighted by atomic mass is 9.78. The molecule has 2 rings (SSSR count). The molecule has 1 aliphatic rings. The van der Waals surface area contributed by atoms with Crippen LogP contribution in [0.5, 0.6) is 5.75 Å². The molecular weight excluding hydrogens is 327 g/mol. The van der Waals surface area contributed by atoms with Crippen molar-refractivity contribution in [2.45, 2.75) is 45.0 Å². The molecule has 0 radical (unpaired) electrons. The Bertz CT molecular complexity index is 648. The minimum absolute atomic E-state index is 0.165. The van der Waals surface area contributed by atoms with E-state index in [1.165, 1.54) is 5.57 Å². The number of hydrogen-bond donors (Lipinski definition) is 2. The van der Waals surface area contributed by atoms with Crippen LogP contribution in [0.15, 0.2) is 53.6 Å². The Kier molecular flexibility index (Phi) is 8.17. The summed E-state index contributed by atoms with van der Waals surface area (Å²) in [5.41, 5.74) is 4.36. The summed E-state index contributed by atoms with van der Waals surface area (Å²) in [5.74, 6) is 0.273. The molecule has 0 amide bonds. The zero-order valence-electron chi connectivity index (χ0n) is 15.8. The smallest absolute Gasteiger partial charge is 0.458 e. The van der Waals surface area contributed by atoms with Gasteiger partial charge in [0.25, 0.3) is 0 Å². The third-order valence-electron chi connectivity index (χ3n) is 4.50. The summed E-state index contributed by atoms with van der Waals surface area (Å²) in [6.45, 7) is 6.72. The van der Waals surface area contributed by atoms with E-state index >= 15 is 0 Å². The SMILES string of the molecule is C=C(COC)C1=CCB(O)OC1CC/C(=C/c1ccc(O)cc1)CCC. The van der Waals surface area contributed by atoms with Crippen molar-refractivity contribution in [2.75, 3.05) is 13.7 Å². The average Bonchev–Trinajstić information content (AvgIpc) is 2.62. The maximum Gasteiger partial charge on any atom is 0.458 e. The Morgan fingerprint density at radius 3 is 2.73 bits per heavy atom. The molecule has 0 fully saturated rings. The Labute approximate surface area is 157 Å². The minimum atomic E-state index is -0.755. The molecule has 1 aromatic carbocycles. The van der Waals surface area contributed by atoms with Crippen LogP contribution in [-0.2, 0) is 9.39 Å². The van der Waals surface area contributed by atoms with Gasteiger partial charge < -0.3 is 19.5 Å². The van der Waals surface area contributed by atoms with Crippen molar-refractivity contribution in [3.8, 4) is 5.75 Å². The first kappa shape index (κ1) is 20.5. The summed E-state index contributed by atoms with van der Waals surface area (Å²) in [6, 6.07) is 7.23. The molecule has 2 N–H and O–H groups in total. The Hall–Kier alpha value is -1.82. The summed E-state index contributed by atoms with van der Waals surface area (Å²) in [6.07, 6.45) is 8.25. The number of hydrogen-bond acceptors (Lipinski definition) is 4. The molecule has 5 heteroatoms. The van der Waals surface area contributed by atoms with E-state index in [2.05, 4.69) is 19.6 Å². The standard InChI is InChI=1S/C21H29BO4/c1-4-5-17(14-18-6-9-19(23)10-7-18)8-11-21-20(16(2)15-25-3)12-13-22(24)26-21/h6-7,9-10,12,14,21,23-24H,2,4-5,8,11,13,15H2,1,3H3/b17-14+. The van der Waals surface area contributed by atoms with Crippen molar-refractivity contribution in [2.24, 2.45) is 0 Å². The molecule has 4 nitrogen and oxygen atoms in total. The number of aromatic hydroxyl groups is 1. The van der Waals surface area contributed by atoms with Gasteiger partial charge in [-0.05, 0) is 48.1 Å². The highest BCUT2D eigenvalue weighted by atomic mass is 16.5. The van der Waals surface area contributed by atoms with Gasteiger partial charge in [0, 0.05) is 13.4 Å². The van der Waals surface area contributed by atoms with Crippen LogP contribution in [0.25, 0.3) is 6.08 Å². The molecule has 1 aromatic rings. The van der Waals surface area contributed by atoms with Crippen molar-refractivity contribution in [1.29, 1.82) is 0 Å². The normalized spacial score (nSPS) is 18.0. The molecule has 1 atom stereocenters. The van der Waals surface area contributed by atoms with Gasteiger partial charge in [-0.15, -0.1) is 0 Å². The van der Waals surface area contributed by atoms with Crippen LogP contribution in [-0.4, -0.2) is 37.1 Å². The van der Waals surface area contributed by atoms with Gasteiger partial charge in [-0.3, -0.25) is 0 Å². The fraction of sp³-hybridized carbons (Fsp3) is 0.429. The third kappa shape index (κ3) is 6.17. The number of benzene rings is 1. The second kappa shape index (κ2) is 10.4. The molecule has 1 unspecified atom stereocenters. The lowest BCUT2D eigenvalue weighted by molar-refractivity contribution is 0.176. The topological polar surface area (TPSA) is 58.9 Å². The van der Waals surface area contributed by atoms with E-state index in [-0.39, 0.29) is 11.9 Å². The van der Waals surface area contributed by atoms with Crippen LogP contribution in [0.3, 0.4) is 0 Å². The van der Waals surface area contributed by atoms with Gasteiger partial charge in [0.15, 0.2) is 0 Å². The monoisotopic (exact) mass is 356 g/mol. The quantitative estimate of drug-likeness (QED) is 0.646. The molecule has 0 bridgehead atoms. The van der Waals surface area contributed by atoms with E-state index in [1.807, 2.05) is 18.2 Å². The molecular formula is C21H29BO4. The number of phenols is 1. The fourth-order valence-electron chi connectivity index (χ4n) is 3.24. The summed E-state index contributed by atoms with van der Waals surface area (Å²) in [7, 11) is 0.897. The highest BCUT2D eigenvalue weighted by Crippen LogP contribution is 2.29. The summed E-state index contributed by atoms with van der Waals surface area (Å²) in [5, 5.41) is 19.3. The second-order valence-corrected chi connectivity index (χ2v) is 6.69. The average molecular weight is 356 g/mol. The van der Waals surface area contributed by atoms with Crippen molar-refractivity contribution in [1.82, 2.24) is 0 Å². The number of rotatable bonds is 9. The predicted molar refractivity (Wildman–Crippen MR) is 107 cm³/mol. The zero-order valence-corrected chi connectivity index (χ0v) is 15.8. The molecule has 0 saturated heterocycles. The Morgan fingerprint density at radius 2 is 2.08 bits per heavy atom. The molecule has 26 heavy (non-hydrogen) atoms. The Balaban J connectivity index is 2.08. The van der Waals surface area contributed by atoms with E-state index in [4.69, 9.17) is 9.39 Å². The van der Waals surface area contributed by atoms with Crippen molar-refractivity contribution in [3.63, 3.8) is 0 Å². The van der Waals surface area contributed by atoms with E-state index in [0.717, 1.165) is 42.4 Å². The van der Waals surface area contributed by atoms with Crippen LogP contribution in [0.1, 0.15) is 38.2 Å². The molecule has 1 heterocycles. The summed E-state index contributed by atoms with van der Waals surface area (Å²) in [4.78, 5) is 0. The minimum Gasteiger partial charge on any atom is -0.508 e. The van der Waals surface area contributed by atoms with E-state index in [1.54, 1.807) is 19.2 Å². The molecule has 0 spiro atoms. The van der Waals surface area contributed by atoms with Gasteiger partial charge in [-0.1, -0.05) is 49.8 Å². The lowest BCUT2D eigenvalue weighted by Gasteiger charge is -2.28. The molecule has 0 aromatic heterocycles. The maximum absolute atomic E-state index is 9.87. The van der Waals surface area contributed by atoms with Gasteiger partial charge in [-0.2, -0.15) is 0 Å². The number of allylic oxidation sites excluding steroid dienone is 2. The number of methoxy groups -OCH3 is 1. The third-order valence-corrected chi connectivity index (χ3v) is 4.50. The second-order valence-electron chi connectivity index (χ2n) is 6.69. The Morgan fingerprint density at radius 1 is 1.35 bits per heavy atom. The van der Waals surface area contributed by atoms with Gasteiger partial charge in [0.1, 0.15) is 5.75 Å². The molecule has 0 saturated carbocycles. The zero-order chi connectivity index (χ0) is 18.9. The van der Waals surface area contributed by atoms with Crippen LogP contribution < -0.4 is 0 Å². The first-order valence-corrected chi connectivity index (χ1v) is 9.22. The largest absolute Gasteiger partial charge is 0.508 e. The molecule has 0 aliphatic carbocycles. The lowest BCUT2D eigenvalue weighted by Crippen LogP contribution is -2.32. The first-order valence-electron chi connectivity index (χ1n) is 9.22. The van der Waals surface area contributed by atoms with Gasteiger partial charge in [0.2, 0.25) is 0 Å². The van der Waals surface area contributed by atoms with E-state index in [0.29, 0.717) is 12.9 Å². The van der Waals surface area contributed by atoms with Gasteiger partial charge >= 0.3 is 7.12 Å². The van der Waals surface area contributed by atoms with E-state index < -0.39 is 7.12 Å². The summed E-state index contributed by atoms with van der Waals surface area (Å²) < 4.78 is 11.0. The summed E-state index contributed by atoms with van der Waals surface area (Å²) >= 11 is 0. The van der Waals surface area contributed by atoms with Crippen LogP contribution in [0, 0.1) is 0 Å². The number of phenolic OH excluding ortho intramolecular Hbond substituents is 1. The highest BCUT2D eigenvalue weighted by molar-refractivity contribution is 6.43. The van der Waals surface area contributed by atoms with E-state index in [9.17, 15) is 10.1 Å². The van der Waals surface area contributed by atoms with Crippen LogP contribution >= 0.6 is 0 Å². The predicted octanol–water partition coefficient (Wildman–Crippen LogP) is 4.36. The molecule has 140 valence electrons.